The number of hydrogen-bond donors (Lipinski definition) is 2. The van der Waals surface area contributed by atoms with Crippen molar-refractivity contribution < 1.29 is 0 Å². The lowest BCUT2D eigenvalue weighted by Crippen LogP contribution is -2.07. The van der Waals surface area contributed by atoms with E-state index in [-0.39, 0.29) is 5.56 Å². The summed E-state index contributed by atoms with van der Waals surface area (Å²) in [6.07, 6.45) is 0. The van der Waals surface area contributed by atoms with Crippen LogP contribution in [0.1, 0.15) is 5.69 Å². The minimum absolute atomic E-state index is 0.240. The van der Waals surface area contributed by atoms with E-state index in [1.165, 1.54) is 6.07 Å². The van der Waals surface area contributed by atoms with E-state index in [9.17, 15) is 4.79 Å². The Morgan fingerprint density at radius 1 is 1.13 bits per heavy atom. The van der Waals surface area contributed by atoms with Crippen LogP contribution in [0.4, 0.5) is 11.6 Å². The Labute approximate surface area is 85.4 Å². The molecule has 0 atom stereocenters. The zero-order valence-corrected chi connectivity index (χ0v) is 8.06. The average molecular weight is 203 g/mol. The third kappa shape index (κ3) is 2.37. The maximum atomic E-state index is 10.7. The van der Waals surface area contributed by atoms with Crippen molar-refractivity contribution in [1.82, 2.24) is 20.4 Å². The van der Waals surface area contributed by atoms with Crippen LogP contribution in [0.3, 0.4) is 0 Å². The molecule has 0 radical (unpaired) electrons. The van der Waals surface area contributed by atoms with E-state index in [1.807, 2.05) is 13.0 Å². The van der Waals surface area contributed by atoms with Gasteiger partial charge in [-0.2, -0.15) is 10.2 Å². The lowest BCUT2D eigenvalue weighted by molar-refractivity contribution is 0.965. The molecular formula is C9H9N5O. The summed E-state index contributed by atoms with van der Waals surface area (Å²) in [5, 5.41) is 16.8. The normalized spacial score (nSPS) is 9.93. The highest BCUT2D eigenvalue weighted by Crippen LogP contribution is 2.07. The Bertz CT molecular complexity index is 484. The molecule has 0 aromatic carbocycles. The smallest absolute Gasteiger partial charge is 0.264 e. The lowest BCUT2D eigenvalue weighted by Gasteiger charge is -2.02. The van der Waals surface area contributed by atoms with Crippen molar-refractivity contribution in [1.29, 1.82) is 0 Å². The summed E-state index contributed by atoms with van der Waals surface area (Å²) in [5.41, 5.74) is 0.602. The predicted octanol–water partition coefficient (Wildman–Crippen LogP) is 0.612. The number of aromatic nitrogens is 4. The van der Waals surface area contributed by atoms with Crippen LogP contribution in [0.5, 0.6) is 0 Å². The van der Waals surface area contributed by atoms with E-state index >= 15 is 0 Å². The molecule has 2 aromatic rings. The lowest BCUT2D eigenvalue weighted by atomic mass is 10.4. The van der Waals surface area contributed by atoms with E-state index in [4.69, 9.17) is 0 Å². The Kier molecular flexibility index (Phi) is 2.40. The van der Waals surface area contributed by atoms with Crippen LogP contribution < -0.4 is 10.9 Å². The van der Waals surface area contributed by atoms with E-state index in [1.54, 1.807) is 12.1 Å². The molecule has 2 rings (SSSR count). The maximum Gasteiger partial charge on any atom is 0.264 e. The molecular weight excluding hydrogens is 194 g/mol. The number of anilines is 2. The molecule has 0 fully saturated rings. The fourth-order valence-electron chi connectivity index (χ4n) is 1.01. The molecule has 0 aliphatic rings. The van der Waals surface area contributed by atoms with E-state index in [0.29, 0.717) is 11.6 Å². The molecule has 0 amide bonds. The van der Waals surface area contributed by atoms with Crippen molar-refractivity contribution in [2.45, 2.75) is 6.92 Å². The van der Waals surface area contributed by atoms with Gasteiger partial charge in [-0.15, -0.1) is 5.10 Å². The highest BCUT2D eigenvalue weighted by Gasteiger charge is 1.97. The molecule has 15 heavy (non-hydrogen) atoms. The molecule has 6 nitrogen and oxygen atoms in total. The number of aryl methyl sites for hydroxylation is 1. The Hall–Kier alpha value is -2.24. The highest BCUT2D eigenvalue weighted by atomic mass is 16.1. The van der Waals surface area contributed by atoms with Crippen LogP contribution in [-0.2, 0) is 0 Å². The molecule has 0 saturated carbocycles. The van der Waals surface area contributed by atoms with Gasteiger partial charge in [-0.1, -0.05) is 0 Å². The minimum atomic E-state index is -0.240. The van der Waals surface area contributed by atoms with Crippen LogP contribution >= 0.6 is 0 Å². The SMILES string of the molecule is Cc1ccc(Nc2ccc(=O)[nH]n2)nn1. The summed E-state index contributed by atoms with van der Waals surface area (Å²) in [5.74, 6) is 1.10. The quantitative estimate of drug-likeness (QED) is 0.747. The number of aromatic amines is 1. The second-order valence-corrected chi connectivity index (χ2v) is 2.99. The van der Waals surface area contributed by atoms with Crippen molar-refractivity contribution in [3.05, 3.63) is 40.3 Å². The zero-order chi connectivity index (χ0) is 10.7. The fraction of sp³-hybridized carbons (Fsp3) is 0.111. The number of nitrogens with zero attached hydrogens (tertiary/aromatic N) is 3. The highest BCUT2D eigenvalue weighted by molar-refractivity contribution is 5.49. The summed E-state index contributed by atoms with van der Waals surface area (Å²) in [4.78, 5) is 10.7. The molecule has 2 aromatic heterocycles. The average Bonchev–Trinajstić information content (AvgIpc) is 2.25. The molecule has 6 heteroatoms. The van der Waals surface area contributed by atoms with Gasteiger partial charge in [0.05, 0.1) is 5.69 Å². The van der Waals surface area contributed by atoms with Gasteiger partial charge in [0, 0.05) is 6.07 Å². The summed E-state index contributed by atoms with van der Waals surface area (Å²) < 4.78 is 0. The Balaban J connectivity index is 2.18. The molecule has 0 aliphatic heterocycles. The third-order valence-electron chi connectivity index (χ3n) is 1.73. The minimum Gasteiger partial charge on any atom is -0.322 e. The van der Waals surface area contributed by atoms with Crippen molar-refractivity contribution in [2.75, 3.05) is 5.32 Å². The van der Waals surface area contributed by atoms with Gasteiger partial charge in [0.15, 0.2) is 11.6 Å². The van der Waals surface area contributed by atoms with Gasteiger partial charge in [0.25, 0.3) is 5.56 Å². The van der Waals surface area contributed by atoms with Crippen molar-refractivity contribution in [2.24, 2.45) is 0 Å². The molecule has 0 spiro atoms. The van der Waals surface area contributed by atoms with Gasteiger partial charge in [-0.25, -0.2) is 5.10 Å². The summed E-state index contributed by atoms with van der Waals surface area (Å²) in [6.45, 7) is 1.86. The van der Waals surface area contributed by atoms with Gasteiger partial charge in [0.1, 0.15) is 0 Å². The Morgan fingerprint density at radius 3 is 2.53 bits per heavy atom. The van der Waals surface area contributed by atoms with Crippen LogP contribution in [0, 0.1) is 6.92 Å². The summed E-state index contributed by atoms with van der Waals surface area (Å²) in [7, 11) is 0. The first-order chi connectivity index (χ1) is 7.24. The predicted molar refractivity (Wildman–Crippen MR) is 54.9 cm³/mol. The largest absolute Gasteiger partial charge is 0.322 e. The monoisotopic (exact) mass is 203 g/mol. The number of hydrogen-bond acceptors (Lipinski definition) is 5. The summed E-state index contributed by atoms with van der Waals surface area (Å²) in [6, 6.07) is 6.58. The van der Waals surface area contributed by atoms with Gasteiger partial charge < -0.3 is 5.32 Å². The zero-order valence-electron chi connectivity index (χ0n) is 8.06. The van der Waals surface area contributed by atoms with Crippen LogP contribution in [0.25, 0.3) is 0 Å². The van der Waals surface area contributed by atoms with Gasteiger partial charge in [-0.05, 0) is 25.1 Å². The number of rotatable bonds is 2. The van der Waals surface area contributed by atoms with Crippen molar-refractivity contribution in [3.8, 4) is 0 Å². The van der Waals surface area contributed by atoms with Crippen LogP contribution in [0.15, 0.2) is 29.1 Å². The number of H-pyrrole nitrogens is 1. The maximum absolute atomic E-state index is 10.7. The molecule has 76 valence electrons. The molecule has 2 heterocycles. The van der Waals surface area contributed by atoms with E-state index < -0.39 is 0 Å². The van der Waals surface area contributed by atoms with E-state index in [2.05, 4.69) is 25.7 Å². The number of nitrogens with one attached hydrogen (secondary N) is 2. The first-order valence-electron chi connectivity index (χ1n) is 4.37. The van der Waals surface area contributed by atoms with Crippen LogP contribution in [0.2, 0.25) is 0 Å². The molecule has 2 N–H and O–H groups in total. The first-order valence-corrected chi connectivity index (χ1v) is 4.37. The molecule has 0 aliphatic carbocycles. The second kappa shape index (κ2) is 3.87. The molecule has 0 saturated heterocycles. The van der Waals surface area contributed by atoms with Gasteiger partial charge in [-0.3, -0.25) is 4.79 Å². The van der Waals surface area contributed by atoms with E-state index in [0.717, 1.165) is 5.69 Å². The second-order valence-electron chi connectivity index (χ2n) is 2.99. The summed E-state index contributed by atoms with van der Waals surface area (Å²) >= 11 is 0. The topological polar surface area (TPSA) is 83.6 Å². The Morgan fingerprint density at radius 2 is 1.93 bits per heavy atom. The van der Waals surface area contributed by atoms with Crippen LogP contribution in [-0.4, -0.2) is 20.4 Å². The third-order valence-corrected chi connectivity index (χ3v) is 1.73. The fourth-order valence-corrected chi connectivity index (χ4v) is 1.01. The van der Waals surface area contributed by atoms with Crippen molar-refractivity contribution >= 4 is 11.6 Å². The van der Waals surface area contributed by atoms with Gasteiger partial charge >= 0.3 is 0 Å². The van der Waals surface area contributed by atoms with Crippen molar-refractivity contribution in [3.63, 3.8) is 0 Å². The molecule has 0 unspecified atom stereocenters. The first kappa shape index (κ1) is 9.32. The standard InChI is InChI=1S/C9H9N5O/c1-6-2-3-7(12-11-6)10-8-4-5-9(15)14-13-8/h2-5H,1H3,(H,14,15)(H,10,12,13). The molecule has 0 bridgehead atoms. The van der Waals surface area contributed by atoms with Gasteiger partial charge in [0.2, 0.25) is 0 Å².